The average molecular weight is 203 g/mol. The van der Waals surface area contributed by atoms with Crippen LogP contribution in [-0.2, 0) is 0 Å². The van der Waals surface area contributed by atoms with Gasteiger partial charge in [0.25, 0.3) is 0 Å². The molecule has 0 radical (unpaired) electrons. The van der Waals surface area contributed by atoms with Crippen LogP contribution in [0.1, 0.15) is 40.5 Å². The topological polar surface area (TPSA) is 23.5 Å². The molecule has 2 nitrogen and oxygen atoms in total. The van der Waals surface area contributed by atoms with E-state index in [4.69, 9.17) is 0 Å². The number of hydrogen-bond donors (Lipinski definition) is 1. The molecular formula is C10H22NOP. The summed E-state index contributed by atoms with van der Waals surface area (Å²) in [7, 11) is 2.82. The Morgan fingerprint density at radius 3 is 1.92 bits per heavy atom. The van der Waals surface area contributed by atoms with Gasteiger partial charge in [0.15, 0.2) is 0 Å². The lowest BCUT2D eigenvalue weighted by atomic mass is 9.76. The normalized spacial score (nSPS) is 29.1. The second-order valence-electron chi connectivity index (χ2n) is 5.45. The SMILES string of the molecule is CC1(C)CC(CP)CC(C)(C)N1O. The molecule has 3 heteroatoms. The maximum atomic E-state index is 10.0. The van der Waals surface area contributed by atoms with Crippen LogP contribution in [0.2, 0.25) is 0 Å². The van der Waals surface area contributed by atoms with Gasteiger partial charge in [-0.2, -0.15) is 5.06 Å². The second-order valence-corrected chi connectivity index (χ2v) is 5.92. The first-order valence-corrected chi connectivity index (χ1v) is 5.80. The van der Waals surface area contributed by atoms with Gasteiger partial charge in [0, 0.05) is 11.1 Å². The van der Waals surface area contributed by atoms with E-state index in [9.17, 15) is 5.21 Å². The molecule has 0 aromatic rings. The smallest absolute Gasteiger partial charge is 0.0413 e. The Morgan fingerprint density at radius 2 is 1.62 bits per heavy atom. The summed E-state index contributed by atoms with van der Waals surface area (Å²) in [5.41, 5.74) is -0.161. The zero-order valence-electron chi connectivity index (χ0n) is 9.17. The van der Waals surface area contributed by atoms with E-state index in [1.807, 2.05) is 0 Å². The Kier molecular flexibility index (Phi) is 3.07. The zero-order valence-corrected chi connectivity index (χ0v) is 10.3. The largest absolute Gasteiger partial charge is 0.313 e. The minimum absolute atomic E-state index is 0.0804. The van der Waals surface area contributed by atoms with Crippen LogP contribution in [0.15, 0.2) is 0 Å². The monoisotopic (exact) mass is 203 g/mol. The van der Waals surface area contributed by atoms with Crippen molar-refractivity contribution >= 4 is 9.24 Å². The van der Waals surface area contributed by atoms with Gasteiger partial charge in [-0.15, -0.1) is 9.24 Å². The molecule has 0 amide bonds. The first kappa shape index (κ1) is 11.4. The van der Waals surface area contributed by atoms with Crippen LogP contribution in [0.5, 0.6) is 0 Å². The molecule has 0 spiro atoms. The summed E-state index contributed by atoms with van der Waals surface area (Å²) in [5.74, 6) is 0.721. The van der Waals surface area contributed by atoms with Gasteiger partial charge in [-0.1, -0.05) is 0 Å². The Labute approximate surface area is 83.9 Å². The Balaban J connectivity index is 2.82. The van der Waals surface area contributed by atoms with Crippen LogP contribution in [0.3, 0.4) is 0 Å². The minimum Gasteiger partial charge on any atom is -0.313 e. The highest BCUT2D eigenvalue weighted by atomic mass is 31.0. The van der Waals surface area contributed by atoms with Gasteiger partial charge in [0.1, 0.15) is 0 Å². The summed E-state index contributed by atoms with van der Waals surface area (Å²) in [6, 6.07) is 0. The van der Waals surface area contributed by atoms with Crippen molar-refractivity contribution in [3.05, 3.63) is 0 Å². The van der Waals surface area contributed by atoms with E-state index in [-0.39, 0.29) is 11.1 Å². The van der Waals surface area contributed by atoms with E-state index in [2.05, 4.69) is 36.9 Å². The molecule has 1 aliphatic rings. The third-order valence-corrected chi connectivity index (χ3v) is 3.72. The zero-order chi connectivity index (χ0) is 10.3. The van der Waals surface area contributed by atoms with Crippen molar-refractivity contribution in [1.82, 2.24) is 5.06 Å². The first-order chi connectivity index (χ1) is 5.79. The number of rotatable bonds is 1. The van der Waals surface area contributed by atoms with E-state index >= 15 is 0 Å². The Hall–Kier alpha value is 0.350. The van der Waals surface area contributed by atoms with Crippen LogP contribution in [0, 0.1) is 5.92 Å². The molecule has 0 aliphatic carbocycles. The standard InChI is InChI=1S/C10H22NOP/c1-9(2)5-8(7-13)6-10(3,4)11(9)12/h8,12H,5-7,13H2,1-4H3. The third kappa shape index (κ3) is 2.23. The van der Waals surface area contributed by atoms with Gasteiger partial charge in [-0.25, -0.2) is 0 Å². The predicted molar refractivity (Wildman–Crippen MR) is 59.1 cm³/mol. The van der Waals surface area contributed by atoms with Crippen LogP contribution >= 0.6 is 9.24 Å². The molecule has 1 aliphatic heterocycles. The molecule has 1 heterocycles. The van der Waals surface area contributed by atoms with Crippen molar-refractivity contribution in [3.63, 3.8) is 0 Å². The quantitative estimate of drug-likeness (QED) is 0.662. The highest BCUT2D eigenvalue weighted by Crippen LogP contribution is 2.40. The summed E-state index contributed by atoms with van der Waals surface area (Å²) < 4.78 is 0. The van der Waals surface area contributed by atoms with Crippen molar-refractivity contribution < 1.29 is 5.21 Å². The van der Waals surface area contributed by atoms with Crippen molar-refractivity contribution in [2.75, 3.05) is 6.16 Å². The molecule has 1 fully saturated rings. The van der Waals surface area contributed by atoms with Gasteiger partial charge >= 0.3 is 0 Å². The van der Waals surface area contributed by atoms with Crippen LogP contribution in [0.25, 0.3) is 0 Å². The Morgan fingerprint density at radius 1 is 1.23 bits per heavy atom. The number of piperidine rings is 1. The summed E-state index contributed by atoms with van der Waals surface area (Å²) in [4.78, 5) is 0. The lowest BCUT2D eigenvalue weighted by Gasteiger charge is -2.51. The molecule has 0 bridgehead atoms. The fourth-order valence-corrected chi connectivity index (χ4v) is 2.98. The summed E-state index contributed by atoms with van der Waals surface area (Å²) in [5, 5.41) is 11.5. The number of hydrogen-bond acceptors (Lipinski definition) is 2. The molecule has 78 valence electrons. The lowest BCUT2D eigenvalue weighted by Crippen LogP contribution is -2.59. The van der Waals surface area contributed by atoms with E-state index in [1.165, 1.54) is 5.06 Å². The van der Waals surface area contributed by atoms with Gasteiger partial charge in [0.05, 0.1) is 0 Å². The average Bonchev–Trinajstić information content (AvgIpc) is 1.99. The summed E-state index contributed by atoms with van der Waals surface area (Å²) in [6.07, 6.45) is 3.30. The fraction of sp³-hybridized carbons (Fsp3) is 1.00. The molecule has 0 aromatic heterocycles. The summed E-state index contributed by atoms with van der Waals surface area (Å²) in [6.45, 7) is 8.45. The van der Waals surface area contributed by atoms with Crippen molar-refractivity contribution in [2.45, 2.75) is 51.6 Å². The van der Waals surface area contributed by atoms with Crippen molar-refractivity contribution in [3.8, 4) is 0 Å². The first-order valence-electron chi connectivity index (χ1n) is 4.99. The third-order valence-electron chi connectivity index (χ3n) is 3.06. The highest BCUT2D eigenvalue weighted by Gasteiger charge is 2.44. The highest BCUT2D eigenvalue weighted by molar-refractivity contribution is 7.16. The maximum absolute atomic E-state index is 10.0. The summed E-state index contributed by atoms with van der Waals surface area (Å²) >= 11 is 0. The lowest BCUT2D eigenvalue weighted by molar-refractivity contribution is -0.249. The van der Waals surface area contributed by atoms with Gasteiger partial charge in [-0.05, 0) is 52.6 Å². The molecule has 0 saturated carbocycles. The molecule has 1 saturated heterocycles. The van der Waals surface area contributed by atoms with Crippen LogP contribution in [0.4, 0.5) is 0 Å². The molecule has 1 rings (SSSR count). The molecular weight excluding hydrogens is 181 g/mol. The van der Waals surface area contributed by atoms with Gasteiger partial charge in [0.2, 0.25) is 0 Å². The van der Waals surface area contributed by atoms with E-state index < -0.39 is 0 Å². The van der Waals surface area contributed by atoms with Crippen molar-refractivity contribution in [2.24, 2.45) is 5.92 Å². The molecule has 1 unspecified atom stereocenters. The molecule has 13 heavy (non-hydrogen) atoms. The molecule has 0 aromatic carbocycles. The van der Waals surface area contributed by atoms with Gasteiger partial charge < -0.3 is 5.21 Å². The maximum Gasteiger partial charge on any atom is 0.0413 e. The number of hydroxylamine groups is 2. The van der Waals surface area contributed by atoms with E-state index in [1.54, 1.807) is 0 Å². The molecule has 1 N–H and O–H groups in total. The van der Waals surface area contributed by atoms with E-state index in [0.717, 1.165) is 24.9 Å². The second kappa shape index (κ2) is 3.49. The predicted octanol–water partition coefficient (Wildman–Crippen LogP) is 2.52. The number of nitrogens with zero attached hydrogens (tertiary/aromatic N) is 1. The minimum atomic E-state index is -0.0804. The van der Waals surface area contributed by atoms with Crippen molar-refractivity contribution in [1.29, 1.82) is 0 Å². The fourth-order valence-electron chi connectivity index (χ4n) is 2.64. The Bertz CT molecular complexity index is 173. The molecule has 1 atom stereocenters. The van der Waals surface area contributed by atoms with E-state index in [0.29, 0.717) is 0 Å². The van der Waals surface area contributed by atoms with Gasteiger partial charge in [-0.3, -0.25) is 0 Å². The van der Waals surface area contributed by atoms with Crippen LogP contribution in [-0.4, -0.2) is 27.5 Å². The van der Waals surface area contributed by atoms with Crippen LogP contribution < -0.4 is 0 Å².